The molecule has 0 bridgehead atoms. The van der Waals surface area contributed by atoms with Crippen LogP contribution < -0.4 is 10.6 Å². The molecule has 20 heavy (non-hydrogen) atoms. The molecule has 0 spiro atoms. The third-order valence-corrected chi connectivity index (χ3v) is 3.29. The van der Waals surface area contributed by atoms with Gasteiger partial charge in [-0.25, -0.2) is 0 Å². The molecule has 0 aliphatic carbocycles. The molecular formula is C15H19BrN2O2. The van der Waals surface area contributed by atoms with Gasteiger partial charge in [-0.1, -0.05) is 48.0 Å². The smallest absolute Gasteiger partial charge is 0.244 e. The zero-order valence-corrected chi connectivity index (χ0v) is 13.2. The van der Waals surface area contributed by atoms with Crippen molar-refractivity contribution in [2.24, 2.45) is 5.92 Å². The van der Waals surface area contributed by atoms with Crippen LogP contribution in [0.2, 0.25) is 0 Å². The number of hydrogen-bond donors (Lipinski definition) is 2. The van der Waals surface area contributed by atoms with Gasteiger partial charge in [0.05, 0.1) is 0 Å². The minimum atomic E-state index is -0.181. The maximum atomic E-state index is 11.6. The molecule has 0 aromatic heterocycles. The Balaban J connectivity index is 2.31. The number of carbonyl (C=O) groups excluding carboxylic acids is 2. The first-order valence-electron chi connectivity index (χ1n) is 6.49. The van der Waals surface area contributed by atoms with E-state index in [2.05, 4.69) is 26.6 Å². The van der Waals surface area contributed by atoms with Crippen molar-refractivity contribution in [1.82, 2.24) is 10.6 Å². The van der Waals surface area contributed by atoms with Gasteiger partial charge in [-0.05, 0) is 17.7 Å². The van der Waals surface area contributed by atoms with Crippen molar-refractivity contribution in [1.29, 1.82) is 0 Å². The molecule has 0 radical (unpaired) electrons. The summed E-state index contributed by atoms with van der Waals surface area (Å²) in [4.78, 5) is 22.9. The quantitative estimate of drug-likeness (QED) is 0.617. The minimum absolute atomic E-state index is 0.0111. The summed E-state index contributed by atoms with van der Waals surface area (Å²) in [6.07, 6.45) is 3.22. The molecule has 0 saturated heterocycles. The van der Waals surface area contributed by atoms with E-state index < -0.39 is 0 Å². The van der Waals surface area contributed by atoms with Crippen LogP contribution in [0.3, 0.4) is 0 Å². The average Bonchev–Trinajstić information content (AvgIpc) is 2.42. The first-order valence-corrected chi connectivity index (χ1v) is 7.28. The van der Waals surface area contributed by atoms with Gasteiger partial charge in [-0.15, -0.1) is 0 Å². The van der Waals surface area contributed by atoms with Gasteiger partial charge in [-0.2, -0.15) is 0 Å². The van der Waals surface area contributed by atoms with Crippen molar-refractivity contribution in [3.05, 3.63) is 40.4 Å². The second kappa shape index (κ2) is 8.53. The fourth-order valence-corrected chi connectivity index (χ4v) is 1.83. The second-order valence-electron chi connectivity index (χ2n) is 4.59. The van der Waals surface area contributed by atoms with E-state index in [0.717, 1.165) is 10.0 Å². The summed E-state index contributed by atoms with van der Waals surface area (Å²) in [5.41, 5.74) is 0.941. The van der Waals surface area contributed by atoms with Gasteiger partial charge in [0.25, 0.3) is 0 Å². The highest BCUT2D eigenvalue weighted by Gasteiger charge is 2.04. The Hall–Kier alpha value is -1.62. The number of nitrogens with one attached hydrogen (secondary N) is 2. The van der Waals surface area contributed by atoms with E-state index in [-0.39, 0.29) is 17.7 Å². The maximum absolute atomic E-state index is 11.6. The van der Waals surface area contributed by atoms with E-state index in [1.54, 1.807) is 6.08 Å². The van der Waals surface area contributed by atoms with Crippen molar-refractivity contribution in [2.75, 3.05) is 13.1 Å². The molecule has 0 aliphatic heterocycles. The fraction of sp³-hybridized carbons (Fsp3) is 0.333. The second-order valence-corrected chi connectivity index (χ2v) is 5.45. The van der Waals surface area contributed by atoms with Crippen molar-refractivity contribution in [2.45, 2.75) is 13.8 Å². The predicted molar refractivity (Wildman–Crippen MR) is 84.0 cm³/mol. The highest BCUT2D eigenvalue weighted by Crippen LogP contribution is 2.16. The summed E-state index contributed by atoms with van der Waals surface area (Å²) in [5, 5.41) is 5.45. The van der Waals surface area contributed by atoms with E-state index in [0.29, 0.717) is 13.1 Å². The number of carbonyl (C=O) groups is 2. The molecule has 2 amide bonds. The van der Waals surface area contributed by atoms with E-state index >= 15 is 0 Å². The number of amides is 2. The van der Waals surface area contributed by atoms with Crippen molar-refractivity contribution in [3.63, 3.8) is 0 Å². The van der Waals surface area contributed by atoms with Crippen LogP contribution in [0.5, 0.6) is 0 Å². The molecule has 2 N–H and O–H groups in total. The summed E-state index contributed by atoms with van der Waals surface area (Å²) in [7, 11) is 0. The molecule has 1 aromatic rings. The van der Waals surface area contributed by atoms with Crippen LogP contribution in [0.4, 0.5) is 0 Å². The van der Waals surface area contributed by atoms with Gasteiger partial charge in [0.1, 0.15) is 0 Å². The average molecular weight is 339 g/mol. The summed E-state index contributed by atoms with van der Waals surface area (Å²) < 4.78 is 0.938. The lowest BCUT2D eigenvalue weighted by molar-refractivity contribution is -0.124. The lowest BCUT2D eigenvalue weighted by Gasteiger charge is -2.07. The van der Waals surface area contributed by atoms with Crippen molar-refractivity contribution in [3.8, 4) is 0 Å². The minimum Gasteiger partial charge on any atom is -0.354 e. The highest BCUT2D eigenvalue weighted by atomic mass is 79.9. The monoisotopic (exact) mass is 338 g/mol. The Labute approximate surface area is 127 Å². The molecule has 5 heteroatoms. The Morgan fingerprint density at radius 2 is 1.85 bits per heavy atom. The van der Waals surface area contributed by atoms with Crippen LogP contribution in [-0.4, -0.2) is 24.9 Å². The van der Waals surface area contributed by atoms with Crippen LogP contribution >= 0.6 is 15.9 Å². The summed E-state index contributed by atoms with van der Waals surface area (Å²) in [5.74, 6) is -0.233. The molecule has 0 unspecified atom stereocenters. The van der Waals surface area contributed by atoms with E-state index in [1.165, 1.54) is 6.08 Å². The van der Waals surface area contributed by atoms with Gasteiger partial charge >= 0.3 is 0 Å². The van der Waals surface area contributed by atoms with Crippen molar-refractivity contribution >= 4 is 33.8 Å². The standard InChI is InChI=1S/C15H19BrN2O2/c1-11(2)15(20)18-10-9-17-14(19)8-7-12-5-3-4-6-13(12)16/h3-8,11H,9-10H2,1-2H3,(H,17,19)(H,18,20). The number of hydrogen-bond acceptors (Lipinski definition) is 2. The molecule has 0 heterocycles. The lowest BCUT2D eigenvalue weighted by atomic mass is 10.2. The maximum Gasteiger partial charge on any atom is 0.244 e. The number of rotatable bonds is 6. The third-order valence-electron chi connectivity index (χ3n) is 2.57. The number of benzene rings is 1. The Morgan fingerprint density at radius 3 is 2.50 bits per heavy atom. The first-order chi connectivity index (χ1) is 9.50. The van der Waals surface area contributed by atoms with E-state index in [9.17, 15) is 9.59 Å². The Morgan fingerprint density at radius 1 is 1.20 bits per heavy atom. The first kappa shape index (κ1) is 16.4. The normalized spacial score (nSPS) is 10.8. The summed E-state index contributed by atoms with van der Waals surface area (Å²) in [6.45, 7) is 4.51. The van der Waals surface area contributed by atoms with Gasteiger partial charge in [0.2, 0.25) is 11.8 Å². The molecule has 1 rings (SSSR count). The van der Waals surface area contributed by atoms with Crippen LogP contribution in [-0.2, 0) is 9.59 Å². The molecule has 0 atom stereocenters. The van der Waals surface area contributed by atoms with Crippen molar-refractivity contribution < 1.29 is 9.59 Å². The highest BCUT2D eigenvalue weighted by molar-refractivity contribution is 9.10. The Bertz CT molecular complexity index is 498. The van der Waals surface area contributed by atoms with Crippen LogP contribution in [0.15, 0.2) is 34.8 Å². The molecule has 0 saturated carbocycles. The SMILES string of the molecule is CC(C)C(=O)NCCNC(=O)C=Cc1ccccc1Br. The Kier molecular flexibility index (Phi) is 7.01. The van der Waals surface area contributed by atoms with Gasteiger partial charge in [-0.3, -0.25) is 9.59 Å². The fourth-order valence-electron chi connectivity index (χ4n) is 1.41. The lowest BCUT2D eigenvalue weighted by Crippen LogP contribution is -2.35. The van der Waals surface area contributed by atoms with E-state index in [4.69, 9.17) is 0 Å². The van der Waals surface area contributed by atoms with Crippen LogP contribution in [0.1, 0.15) is 19.4 Å². The van der Waals surface area contributed by atoms with Gasteiger partial charge in [0.15, 0.2) is 0 Å². The van der Waals surface area contributed by atoms with Gasteiger partial charge in [0, 0.05) is 29.6 Å². The number of halogens is 1. The topological polar surface area (TPSA) is 58.2 Å². The van der Waals surface area contributed by atoms with Crippen LogP contribution in [0, 0.1) is 5.92 Å². The van der Waals surface area contributed by atoms with E-state index in [1.807, 2.05) is 38.1 Å². The van der Waals surface area contributed by atoms with Crippen LogP contribution in [0.25, 0.3) is 6.08 Å². The predicted octanol–water partition coefficient (Wildman–Crippen LogP) is 2.35. The molecule has 0 fully saturated rings. The molecular weight excluding hydrogens is 320 g/mol. The molecule has 4 nitrogen and oxygen atoms in total. The molecule has 108 valence electrons. The molecule has 1 aromatic carbocycles. The summed E-state index contributed by atoms with van der Waals surface area (Å²) in [6, 6.07) is 7.65. The third kappa shape index (κ3) is 6.02. The van der Waals surface area contributed by atoms with Gasteiger partial charge < -0.3 is 10.6 Å². The molecule has 0 aliphatic rings. The zero-order valence-electron chi connectivity index (χ0n) is 11.7. The largest absolute Gasteiger partial charge is 0.354 e. The zero-order chi connectivity index (χ0) is 15.0. The summed E-state index contributed by atoms with van der Waals surface area (Å²) >= 11 is 3.41.